The van der Waals surface area contributed by atoms with E-state index in [0.29, 0.717) is 31.5 Å². The molecule has 0 fully saturated rings. The van der Waals surface area contributed by atoms with Crippen molar-refractivity contribution in [1.82, 2.24) is 10.1 Å². The van der Waals surface area contributed by atoms with Crippen LogP contribution in [-0.2, 0) is 9.59 Å². The van der Waals surface area contributed by atoms with Crippen LogP contribution in [0.25, 0.3) is 11.3 Å². The van der Waals surface area contributed by atoms with Crippen molar-refractivity contribution in [2.24, 2.45) is 0 Å². The highest BCUT2D eigenvalue weighted by molar-refractivity contribution is 9.10. The monoisotopic (exact) mass is 563 g/mol. The van der Waals surface area contributed by atoms with E-state index in [-0.39, 0.29) is 35.8 Å². The molecule has 0 spiro atoms. The van der Waals surface area contributed by atoms with Crippen LogP contribution < -0.4 is 19.9 Å². The van der Waals surface area contributed by atoms with Gasteiger partial charge in [0.2, 0.25) is 11.1 Å². The van der Waals surface area contributed by atoms with Gasteiger partial charge in [-0.15, -0.1) is 0 Å². The van der Waals surface area contributed by atoms with Crippen molar-refractivity contribution in [2.45, 2.75) is 38.0 Å². The van der Waals surface area contributed by atoms with Crippen molar-refractivity contribution >= 4 is 56.9 Å². The maximum absolute atomic E-state index is 13.4. The van der Waals surface area contributed by atoms with Crippen molar-refractivity contribution in [3.8, 4) is 17.0 Å². The molecule has 1 aromatic heterocycles. The molecular weight excluding hydrogens is 544 g/mol. The molecule has 1 aliphatic heterocycles. The smallest absolute Gasteiger partial charge is 0.325 e. The van der Waals surface area contributed by atoms with E-state index in [1.54, 1.807) is 61.4 Å². The van der Waals surface area contributed by atoms with Crippen molar-refractivity contribution < 1.29 is 19.0 Å². The first-order valence-corrected chi connectivity index (χ1v) is 12.9. The summed E-state index contributed by atoms with van der Waals surface area (Å²) < 4.78 is 7.61. The molecule has 0 aliphatic carbocycles. The number of halogens is 2. The number of carbonyl (C=O) groups excluding carboxylic acids is 2. The van der Waals surface area contributed by atoms with Crippen LogP contribution in [0.1, 0.15) is 38.4 Å². The molecule has 3 aromatic rings. The normalized spacial score (nSPS) is 14.4. The van der Waals surface area contributed by atoms with Gasteiger partial charge in [0.25, 0.3) is 6.17 Å². The van der Waals surface area contributed by atoms with Crippen LogP contribution in [0.2, 0.25) is 5.02 Å². The summed E-state index contributed by atoms with van der Waals surface area (Å²) in [4.78, 5) is 43.2. The Balaban J connectivity index is 2.12. The number of aromatic nitrogens is 3. The summed E-state index contributed by atoms with van der Waals surface area (Å²) in [5.74, 6) is -0.448. The van der Waals surface area contributed by atoms with E-state index in [1.165, 1.54) is 16.4 Å². The van der Waals surface area contributed by atoms with Crippen molar-refractivity contribution in [3.05, 3.63) is 61.8 Å². The lowest BCUT2D eigenvalue weighted by atomic mass is 10.0. The lowest BCUT2D eigenvalue weighted by molar-refractivity contribution is -0.763. The molecule has 1 N–H and O–H groups in total. The summed E-state index contributed by atoms with van der Waals surface area (Å²) in [7, 11) is 0. The van der Waals surface area contributed by atoms with E-state index < -0.39 is 12.1 Å². The highest BCUT2D eigenvalue weighted by Crippen LogP contribution is 2.43. The molecule has 0 saturated carbocycles. The molecule has 0 unspecified atom stereocenters. The number of H-pyrrole nitrogens is 1. The first-order valence-electron chi connectivity index (χ1n) is 10.5. The second kappa shape index (κ2) is 9.89. The molecule has 34 heavy (non-hydrogen) atoms. The number of nitrogens with one attached hydrogen (secondary N) is 1. The largest absolute Gasteiger partial charge is 0.425 e. The third-order valence-electron chi connectivity index (χ3n) is 5.34. The maximum Gasteiger partial charge on any atom is 0.325 e. The van der Waals surface area contributed by atoms with Crippen LogP contribution in [0.5, 0.6) is 5.75 Å². The van der Waals surface area contributed by atoms with E-state index in [2.05, 4.69) is 26.0 Å². The van der Waals surface area contributed by atoms with Crippen molar-refractivity contribution in [1.29, 1.82) is 0 Å². The van der Waals surface area contributed by atoms with Gasteiger partial charge < -0.3 is 4.74 Å². The van der Waals surface area contributed by atoms with Crippen molar-refractivity contribution in [3.63, 3.8) is 0 Å². The van der Waals surface area contributed by atoms with Gasteiger partial charge >= 0.3 is 17.2 Å². The number of hydrogen-bond donors (Lipinski definition) is 1. The number of amides is 1. The topological polar surface area (TPSA) is 96.2 Å². The fraction of sp³-hybridized carbons (Fsp3) is 0.261. The minimum Gasteiger partial charge on any atom is -0.425 e. The number of fused-ring (bicyclic) bond motifs is 3. The predicted molar refractivity (Wildman–Crippen MR) is 133 cm³/mol. The number of anilines is 1. The van der Waals surface area contributed by atoms with Gasteiger partial charge in [0.15, 0.2) is 5.75 Å². The molecule has 0 radical (unpaired) electrons. The summed E-state index contributed by atoms with van der Waals surface area (Å²) in [6.45, 7) is 3.44. The van der Waals surface area contributed by atoms with E-state index >= 15 is 0 Å². The Morgan fingerprint density at radius 3 is 2.68 bits per heavy atom. The molecule has 1 aliphatic rings. The molecule has 8 nitrogen and oxygen atoms in total. The third kappa shape index (κ3) is 4.25. The summed E-state index contributed by atoms with van der Waals surface area (Å²) >= 11 is 11.1. The molecule has 2 aromatic carbocycles. The standard InChI is InChI=1S/C23H20BrClN4O4S/c1-4-17(30)28-16-9-7-6-8-13(16)19-21(32)26-23(34-3)27-29(19)22(28)14-10-12(25)11-15(24)20(14)33-18(31)5-2/h6-11,22H,4-5H2,1-3H3/p+1/t22-/m0/s1. The van der Waals surface area contributed by atoms with E-state index in [4.69, 9.17) is 16.3 Å². The minimum atomic E-state index is -0.930. The highest BCUT2D eigenvalue weighted by atomic mass is 79.9. The number of carbonyl (C=O) groups is 2. The molecule has 11 heteroatoms. The molecule has 2 heterocycles. The lowest BCUT2D eigenvalue weighted by Gasteiger charge is -2.32. The zero-order valence-electron chi connectivity index (χ0n) is 18.6. The number of benzene rings is 2. The highest BCUT2D eigenvalue weighted by Gasteiger charge is 2.47. The molecular formula is C23H21BrClN4O4S+. The number of aromatic amines is 1. The molecule has 176 valence electrons. The van der Waals surface area contributed by atoms with E-state index in [0.717, 1.165) is 0 Å². The number of rotatable bonds is 5. The molecule has 4 rings (SSSR count). The Bertz CT molecular complexity index is 1360. The Hall–Kier alpha value is -2.69. The van der Waals surface area contributed by atoms with Gasteiger partial charge in [-0.25, -0.2) is 4.90 Å². The number of ether oxygens (including phenoxy) is 1. The van der Waals surface area contributed by atoms with Crippen LogP contribution >= 0.6 is 39.3 Å². The molecule has 0 saturated heterocycles. The molecule has 1 amide bonds. The Labute approximate surface area is 213 Å². The van der Waals surface area contributed by atoms with Gasteiger partial charge in [-0.2, -0.15) is 0 Å². The Morgan fingerprint density at radius 1 is 1.26 bits per heavy atom. The van der Waals surface area contributed by atoms with Crippen LogP contribution in [0.3, 0.4) is 0 Å². The zero-order valence-corrected chi connectivity index (χ0v) is 21.8. The number of para-hydroxylation sites is 1. The Kier molecular flexibility index (Phi) is 7.11. The first-order chi connectivity index (χ1) is 16.3. The van der Waals surface area contributed by atoms with Crippen LogP contribution in [0, 0.1) is 0 Å². The number of esters is 1. The van der Waals surface area contributed by atoms with Gasteiger partial charge in [0.1, 0.15) is 0 Å². The summed E-state index contributed by atoms with van der Waals surface area (Å²) in [5.41, 5.74) is 1.45. The number of hydrogen-bond acceptors (Lipinski definition) is 6. The van der Waals surface area contributed by atoms with Gasteiger partial charge in [0, 0.05) is 23.0 Å². The fourth-order valence-corrected chi connectivity index (χ4v) is 5.13. The quantitative estimate of drug-likeness (QED) is 0.212. The van der Waals surface area contributed by atoms with Crippen LogP contribution in [0.4, 0.5) is 5.69 Å². The summed E-state index contributed by atoms with van der Waals surface area (Å²) in [6.07, 6.45) is 1.21. The summed E-state index contributed by atoms with van der Waals surface area (Å²) in [5, 5.41) is 5.38. The third-order valence-corrected chi connectivity index (χ3v) is 6.72. The average Bonchev–Trinajstić information content (AvgIpc) is 2.83. The molecule has 1 atom stereocenters. The van der Waals surface area contributed by atoms with Crippen LogP contribution in [0.15, 0.2) is 50.8 Å². The number of nitrogens with zero attached hydrogens (tertiary/aromatic N) is 3. The van der Waals surface area contributed by atoms with Crippen molar-refractivity contribution in [2.75, 3.05) is 11.2 Å². The van der Waals surface area contributed by atoms with E-state index in [9.17, 15) is 14.4 Å². The van der Waals surface area contributed by atoms with Crippen LogP contribution in [-0.4, -0.2) is 28.2 Å². The second-order valence-electron chi connectivity index (χ2n) is 7.40. The molecule has 0 bridgehead atoms. The van der Waals surface area contributed by atoms with Gasteiger partial charge in [-0.3, -0.25) is 19.4 Å². The van der Waals surface area contributed by atoms with Gasteiger partial charge in [-0.05, 0) is 51.1 Å². The second-order valence-corrected chi connectivity index (χ2v) is 9.48. The number of thioether (sulfide) groups is 1. The predicted octanol–water partition coefficient (Wildman–Crippen LogP) is 4.48. The zero-order chi connectivity index (χ0) is 24.6. The summed E-state index contributed by atoms with van der Waals surface area (Å²) in [6, 6.07) is 10.4. The van der Waals surface area contributed by atoms with Gasteiger partial charge in [0.05, 0.1) is 21.3 Å². The SMILES string of the molecule is CCC(=O)Oc1c(Br)cc(Cl)cc1[C@H]1N(C(=O)CC)c2ccccc2-c2c(=O)[nH]c(SC)n[n+]21. The fourth-order valence-electron chi connectivity index (χ4n) is 3.85. The van der Waals surface area contributed by atoms with E-state index in [1.807, 2.05) is 0 Å². The first kappa shape index (κ1) is 24.4. The minimum absolute atomic E-state index is 0.151. The Morgan fingerprint density at radius 2 is 2.00 bits per heavy atom. The average molecular weight is 565 g/mol. The van der Waals surface area contributed by atoms with Gasteiger partial charge in [-0.1, -0.05) is 49.3 Å². The maximum atomic E-state index is 13.4. The lowest BCUT2D eigenvalue weighted by Crippen LogP contribution is -2.61.